The lowest BCUT2D eigenvalue weighted by Crippen LogP contribution is -2.29. The molecule has 0 radical (unpaired) electrons. The zero-order valence-corrected chi connectivity index (χ0v) is 8.39. The van der Waals surface area contributed by atoms with Gasteiger partial charge in [-0.25, -0.2) is 0 Å². The van der Waals surface area contributed by atoms with Crippen molar-refractivity contribution in [1.29, 1.82) is 0 Å². The first kappa shape index (κ1) is 11.8. The molecule has 0 aliphatic heterocycles. The van der Waals surface area contributed by atoms with Crippen molar-refractivity contribution in [3.63, 3.8) is 0 Å². The Morgan fingerprint density at radius 1 is 1.20 bits per heavy atom. The van der Waals surface area contributed by atoms with Crippen LogP contribution in [0, 0.1) is 13.8 Å². The highest BCUT2D eigenvalue weighted by atomic mass is 19.4. The molecule has 0 unspecified atom stereocenters. The normalized spacial score (nSPS) is 14.0. The van der Waals surface area contributed by atoms with Crippen molar-refractivity contribution in [3.05, 3.63) is 28.8 Å². The van der Waals surface area contributed by atoms with Crippen LogP contribution in [0.3, 0.4) is 0 Å². The van der Waals surface area contributed by atoms with Crippen LogP contribution in [-0.4, -0.2) is 11.3 Å². The fourth-order valence-electron chi connectivity index (χ4n) is 1.61. The maximum atomic E-state index is 12.4. The molecule has 0 aliphatic carbocycles. The van der Waals surface area contributed by atoms with Crippen molar-refractivity contribution in [2.45, 2.75) is 26.1 Å². The van der Waals surface area contributed by atoms with E-state index in [1.165, 1.54) is 26.0 Å². The van der Waals surface area contributed by atoms with E-state index in [0.29, 0.717) is 11.1 Å². The summed E-state index contributed by atoms with van der Waals surface area (Å²) in [5.41, 5.74) is 5.83. The smallest absolute Gasteiger partial charge is 0.407 e. The van der Waals surface area contributed by atoms with Crippen molar-refractivity contribution < 1.29 is 18.3 Å². The maximum absolute atomic E-state index is 12.4. The van der Waals surface area contributed by atoms with Gasteiger partial charge in [0, 0.05) is 0 Å². The van der Waals surface area contributed by atoms with E-state index in [1.54, 1.807) is 0 Å². The Kier molecular flexibility index (Phi) is 2.95. The third-order valence-electron chi connectivity index (χ3n) is 2.24. The van der Waals surface area contributed by atoms with Gasteiger partial charge in [0.15, 0.2) is 0 Å². The molecule has 0 spiro atoms. The molecule has 1 aromatic carbocycles. The van der Waals surface area contributed by atoms with E-state index in [4.69, 9.17) is 5.73 Å². The Morgan fingerprint density at radius 2 is 1.60 bits per heavy atom. The average Bonchev–Trinajstić information content (AvgIpc) is 1.99. The number of rotatable bonds is 1. The van der Waals surface area contributed by atoms with Crippen molar-refractivity contribution in [3.8, 4) is 5.75 Å². The zero-order valence-electron chi connectivity index (χ0n) is 8.39. The Labute approximate surface area is 85.5 Å². The number of benzene rings is 1. The molecule has 0 fully saturated rings. The van der Waals surface area contributed by atoms with Crippen LogP contribution in [0.2, 0.25) is 0 Å². The first-order valence-electron chi connectivity index (χ1n) is 4.36. The first-order chi connectivity index (χ1) is 6.73. The van der Waals surface area contributed by atoms with Gasteiger partial charge in [-0.3, -0.25) is 0 Å². The van der Waals surface area contributed by atoms with E-state index in [-0.39, 0.29) is 11.3 Å². The minimum Gasteiger partial charge on any atom is -0.508 e. The SMILES string of the molecule is Cc1cc(O)cc(C)c1[C@@H](N)C(F)(F)F. The molecule has 1 aromatic rings. The number of nitrogens with two attached hydrogens (primary N) is 1. The lowest BCUT2D eigenvalue weighted by molar-refractivity contribution is -0.149. The van der Waals surface area contributed by atoms with Crippen molar-refractivity contribution >= 4 is 0 Å². The van der Waals surface area contributed by atoms with E-state index < -0.39 is 12.2 Å². The predicted octanol–water partition coefficient (Wildman–Crippen LogP) is 2.57. The Balaban J connectivity index is 3.26. The third kappa shape index (κ3) is 2.41. The summed E-state index contributed by atoms with van der Waals surface area (Å²) in [6, 6.07) is 0.542. The van der Waals surface area contributed by atoms with Gasteiger partial charge in [-0.15, -0.1) is 0 Å². The molecule has 0 heterocycles. The second kappa shape index (κ2) is 3.73. The third-order valence-corrected chi connectivity index (χ3v) is 2.24. The van der Waals surface area contributed by atoms with Gasteiger partial charge >= 0.3 is 6.18 Å². The van der Waals surface area contributed by atoms with Crippen LogP contribution >= 0.6 is 0 Å². The van der Waals surface area contributed by atoms with Crippen LogP contribution in [0.15, 0.2) is 12.1 Å². The minimum atomic E-state index is -4.47. The molecule has 0 bridgehead atoms. The van der Waals surface area contributed by atoms with Gasteiger partial charge in [-0.1, -0.05) is 0 Å². The molecular weight excluding hydrogens is 207 g/mol. The van der Waals surface area contributed by atoms with Crippen LogP contribution in [0.5, 0.6) is 5.75 Å². The topological polar surface area (TPSA) is 46.2 Å². The fraction of sp³-hybridized carbons (Fsp3) is 0.400. The number of aryl methyl sites for hydroxylation is 2. The van der Waals surface area contributed by atoms with Crippen LogP contribution in [-0.2, 0) is 0 Å². The molecular formula is C10H12F3NO. The largest absolute Gasteiger partial charge is 0.508 e. The van der Waals surface area contributed by atoms with E-state index >= 15 is 0 Å². The van der Waals surface area contributed by atoms with Gasteiger partial charge in [0.2, 0.25) is 0 Å². The summed E-state index contributed by atoms with van der Waals surface area (Å²) in [6.45, 7) is 2.99. The summed E-state index contributed by atoms with van der Waals surface area (Å²) in [4.78, 5) is 0. The van der Waals surface area contributed by atoms with Gasteiger partial charge in [-0.05, 0) is 42.7 Å². The molecule has 1 atom stereocenters. The molecule has 1 rings (SSSR count). The number of phenolic OH excluding ortho intramolecular Hbond substituents is 1. The highest BCUT2D eigenvalue weighted by Crippen LogP contribution is 2.35. The number of phenols is 1. The van der Waals surface area contributed by atoms with Gasteiger partial charge in [-0.2, -0.15) is 13.2 Å². The number of hydrogen-bond acceptors (Lipinski definition) is 2. The maximum Gasteiger partial charge on any atom is 0.407 e. The predicted molar refractivity (Wildman–Crippen MR) is 50.6 cm³/mol. The molecule has 84 valence electrons. The van der Waals surface area contributed by atoms with Gasteiger partial charge in [0.05, 0.1) is 0 Å². The Hall–Kier alpha value is -1.23. The molecule has 0 aliphatic rings. The Bertz CT molecular complexity index is 350. The molecule has 5 heteroatoms. The molecule has 3 N–H and O–H groups in total. The summed E-state index contributed by atoms with van der Waals surface area (Å²) >= 11 is 0. The molecule has 0 aromatic heterocycles. The number of alkyl halides is 3. The van der Waals surface area contributed by atoms with E-state index in [0.717, 1.165) is 0 Å². The van der Waals surface area contributed by atoms with E-state index in [9.17, 15) is 18.3 Å². The van der Waals surface area contributed by atoms with Crippen molar-refractivity contribution in [2.75, 3.05) is 0 Å². The van der Waals surface area contributed by atoms with Crippen LogP contribution in [0.4, 0.5) is 13.2 Å². The standard InChI is InChI=1S/C10H12F3NO/c1-5-3-7(15)4-6(2)8(5)9(14)10(11,12)13/h3-4,9,15H,14H2,1-2H3/t9-/m1/s1. The minimum absolute atomic E-state index is 0.0281. The molecule has 0 amide bonds. The van der Waals surface area contributed by atoms with Crippen molar-refractivity contribution in [1.82, 2.24) is 0 Å². The average molecular weight is 219 g/mol. The number of aromatic hydroxyl groups is 1. The van der Waals surface area contributed by atoms with Gasteiger partial charge in [0.1, 0.15) is 11.8 Å². The van der Waals surface area contributed by atoms with E-state index in [1.807, 2.05) is 0 Å². The number of halogens is 3. The van der Waals surface area contributed by atoms with Crippen LogP contribution in [0.1, 0.15) is 22.7 Å². The molecule has 2 nitrogen and oxygen atoms in total. The molecule has 0 saturated carbocycles. The first-order valence-corrected chi connectivity index (χ1v) is 4.36. The van der Waals surface area contributed by atoms with Gasteiger partial charge < -0.3 is 10.8 Å². The van der Waals surface area contributed by atoms with Crippen LogP contribution < -0.4 is 5.73 Å². The second-order valence-corrected chi connectivity index (χ2v) is 3.51. The van der Waals surface area contributed by atoms with E-state index in [2.05, 4.69) is 0 Å². The van der Waals surface area contributed by atoms with Gasteiger partial charge in [0.25, 0.3) is 0 Å². The van der Waals surface area contributed by atoms with Crippen molar-refractivity contribution in [2.24, 2.45) is 5.73 Å². The number of hydrogen-bond donors (Lipinski definition) is 2. The zero-order chi connectivity index (χ0) is 11.8. The summed E-state index contributed by atoms with van der Waals surface area (Å²) in [6.07, 6.45) is -4.47. The molecule has 0 saturated heterocycles. The fourth-order valence-corrected chi connectivity index (χ4v) is 1.61. The summed E-state index contributed by atoms with van der Waals surface area (Å²) in [5.74, 6) is -0.0527. The summed E-state index contributed by atoms with van der Waals surface area (Å²) in [5, 5.41) is 9.18. The second-order valence-electron chi connectivity index (χ2n) is 3.51. The lowest BCUT2D eigenvalue weighted by atomic mass is 9.96. The highest BCUT2D eigenvalue weighted by Gasteiger charge is 2.39. The Morgan fingerprint density at radius 3 is 1.93 bits per heavy atom. The highest BCUT2D eigenvalue weighted by molar-refractivity contribution is 5.42. The monoisotopic (exact) mass is 219 g/mol. The summed E-state index contributed by atoms with van der Waals surface area (Å²) in [7, 11) is 0. The quantitative estimate of drug-likeness (QED) is 0.762. The lowest BCUT2D eigenvalue weighted by Gasteiger charge is -2.20. The molecule has 15 heavy (non-hydrogen) atoms. The van der Waals surface area contributed by atoms with Crippen LogP contribution in [0.25, 0.3) is 0 Å². The summed E-state index contributed by atoms with van der Waals surface area (Å²) < 4.78 is 37.2.